The van der Waals surface area contributed by atoms with Gasteiger partial charge in [-0.05, 0) is 18.6 Å². The van der Waals surface area contributed by atoms with Crippen molar-refractivity contribution in [1.82, 2.24) is 0 Å². The van der Waals surface area contributed by atoms with E-state index in [0.717, 1.165) is 0 Å². The first-order valence-corrected chi connectivity index (χ1v) is 10.5. The quantitative estimate of drug-likeness (QED) is 0.679. The fourth-order valence-corrected chi connectivity index (χ4v) is 4.12. The van der Waals surface area contributed by atoms with Crippen LogP contribution in [0.25, 0.3) is 0 Å². The van der Waals surface area contributed by atoms with E-state index in [0.29, 0.717) is 4.47 Å². The summed E-state index contributed by atoms with van der Waals surface area (Å²) in [7, 11) is -7.10. The molecule has 0 saturated carbocycles. The fourth-order valence-electron chi connectivity index (χ4n) is 1.49. The van der Waals surface area contributed by atoms with Gasteiger partial charge >= 0.3 is 0 Å². The summed E-state index contributed by atoms with van der Waals surface area (Å²) in [4.78, 5) is -0.250. The number of primary sulfonamides is 1. The molecule has 0 amide bonds. The first-order valence-electron chi connectivity index (χ1n) is 5.92. The van der Waals surface area contributed by atoms with Crippen molar-refractivity contribution in [3.8, 4) is 5.75 Å². The van der Waals surface area contributed by atoms with E-state index >= 15 is 0 Å². The minimum Gasteiger partial charge on any atom is -0.491 e. The van der Waals surface area contributed by atoms with Gasteiger partial charge in [0.05, 0.1) is 17.4 Å². The van der Waals surface area contributed by atoms with Gasteiger partial charge in [-0.25, -0.2) is 22.0 Å². The van der Waals surface area contributed by atoms with Crippen LogP contribution in [0.5, 0.6) is 5.75 Å². The second kappa shape index (κ2) is 7.28. The first-order chi connectivity index (χ1) is 9.57. The van der Waals surface area contributed by atoms with Crippen molar-refractivity contribution in [2.75, 3.05) is 18.1 Å². The molecule has 0 aromatic heterocycles. The van der Waals surface area contributed by atoms with Gasteiger partial charge in [0, 0.05) is 10.2 Å². The average molecular weight is 421 g/mol. The van der Waals surface area contributed by atoms with Crippen LogP contribution in [0.2, 0.25) is 5.02 Å². The van der Waals surface area contributed by atoms with Gasteiger partial charge in [0.2, 0.25) is 10.0 Å². The Labute approximate surface area is 137 Å². The van der Waals surface area contributed by atoms with Gasteiger partial charge in [0.25, 0.3) is 0 Å². The molecule has 0 aliphatic heterocycles. The summed E-state index contributed by atoms with van der Waals surface area (Å²) < 4.78 is 51.5. The molecular weight excluding hydrogens is 406 g/mol. The third-order valence-corrected chi connectivity index (χ3v) is 6.01. The molecule has 21 heavy (non-hydrogen) atoms. The van der Waals surface area contributed by atoms with Crippen LogP contribution in [0.3, 0.4) is 0 Å². The van der Waals surface area contributed by atoms with Crippen molar-refractivity contribution in [3.05, 3.63) is 21.6 Å². The summed E-state index contributed by atoms with van der Waals surface area (Å²) in [6.07, 6.45) is 0.229. The van der Waals surface area contributed by atoms with Crippen molar-refractivity contribution >= 4 is 47.4 Å². The molecule has 1 aromatic rings. The molecule has 0 aliphatic rings. The van der Waals surface area contributed by atoms with E-state index in [9.17, 15) is 16.8 Å². The molecule has 10 heteroatoms. The number of hydrogen-bond donors (Lipinski definition) is 1. The second-order valence-electron chi connectivity index (χ2n) is 4.20. The van der Waals surface area contributed by atoms with Crippen molar-refractivity contribution in [3.63, 3.8) is 0 Å². The Kier molecular flexibility index (Phi) is 6.48. The summed E-state index contributed by atoms with van der Waals surface area (Å²) in [6.45, 7) is 1.57. The van der Waals surface area contributed by atoms with Gasteiger partial charge in [-0.15, -0.1) is 0 Å². The zero-order valence-corrected chi connectivity index (χ0v) is 15.1. The Bertz CT molecular complexity index is 718. The minimum absolute atomic E-state index is 0.0170. The number of hydrogen-bond acceptors (Lipinski definition) is 5. The lowest BCUT2D eigenvalue weighted by Gasteiger charge is -2.12. The summed E-state index contributed by atoms with van der Waals surface area (Å²) in [5, 5.41) is 5.18. The molecule has 6 nitrogen and oxygen atoms in total. The highest BCUT2D eigenvalue weighted by Gasteiger charge is 2.19. The predicted molar refractivity (Wildman–Crippen MR) is 85.0 cm³/mol. The van der Waals surface area contributed by atoms with E-state index in [-0.39, 0.29) is 40.2 Å². The number of nitrogens with two attached hydrogens (primary N) is 1. The van der Waals surface area contributed by atoms with E-state index in [1.165, 1.54) is 12.1 Å². The van der Waals surface area contributed by atoms with Gasteiger partial charge in [-0.1, -0.05) is 34.5 Å². The number of benzene rings is 1. The molecule has 2 N–H and O–H groups in total. The van der Waals surface area contributed by atoms with E-state index in [1.807, 2.05) is 0 Å². The normalized spacial score (nSPS) is 12.4. The summed E-state index contributed by atoms with van der Waals surface area (Å²) in [6, 6.07) is 2.74. The fraction of sp³-hybridized carbons (Fsp3) is 0.455. The van der Waals surface area contributed by atoms with Crippen LogP contribution in [-0.4, -0.2) is 34.9 Å². The largest absolute Gasteiger partial charge is 0.491 e. The highest BCUT2D eigenvalue weighted by atomic mass is 79.9. The molecule has 0 radical (unpaired) electrons. The smallest absolute Gasteiger partial charge is 0.241 e. The molecule has 1 aromatic carbocycles. The van der Waals surface area contributed by atoms with Gasteiger partial charge in [-0.3, -0.25) is 0 Å². The standard InChI is InChI=1S/C11H15BrClNO5S2/c1-2-20(15,16)5-3-4-19-11-9(13)6-8(12)7-10(11)21(14,17)18/h6-7H,2-5H2,1H3,(H2,14,17,18). The SMILES string of the molecule is CCS(=O)(=O)CCCOc1c(Cl)cc(Br)cc1S(N)(=O)=O. The topological polar surface area (TPSA) is 104 Å². The van der Waals surface area contributed by atoms with Crippen molar-refractivity contribution in [2.45, 2.75) is 18.2 Å². The van der Waals surface area contributed by atoms with Gasteiger partial charge < -0.3 is 4.74 Å². The number of ether oxygens (including phenoxy) is 1. The van der Waals surface area contributed by atoms with Gasteiger partial charge in [-0.2, -0.15) is 0 Å². The third kappa shape index (κ3) is 5.74. The van der Waals surface area contributed by atoms with Crippen LogP contribution in [-0.2, 0) is 19.9 Å². The van der Waals surface area contributed by atoms with Crippen LogP contribution in [0.1, 0.15) is 13.3 Å². The number of sulfonamides is 1. The van der Waals surface area contributed by atoms with Crippen LogP contribution in [0.4, 0.5) is 0 Å². The Balaban J connectivity index is 2.89. The van der Waals surface area contributed by atoms with Gasteiger partial charge in [0.15, 0.2) is 5.75 Å². The van der Waals surface area contributed by atoms with Crippen molar-refractivity contribution in [2.24, 2.45) is 5.14 Å². The highest BCUT2D eigenvalue weighted by Crippen LogP contribution is 2.35. The summed E-state index contributed by atoms with van der Waals surface area (Å²) >= 11 is 9.06. The van der Waals surface area contributed by atoms with Crippen LogP contribution in [0, 0.1) is 0 Å². The van der Waals surface area contributed by atoms with E-state index in [4.69, 9.17) is 21.5 Å². The summed E-state index contributed by atoms with van der Waals surface area (Å²) in [5.41, 5.74) is 0. The lowest BCUT2D eigenvalue weighted by atomic mass is 10.3. The maximum absolute atomic E-state index is 11.5. The zero-order valence-electron chi connectivity index (χ0n) is 11.2. The molecule has 0 heterocycles. The van der Waals surface area contributed by atoms with E-state index in [1.54, 1.807) is 6.92 Å². The zero-order chi connectivity index (χ0) is 16.3. The van der Waals surface area contributed by atoms with Crippen LogP contribution < -0.4 is 9.88 Å². The van der Waals surface area contributed by atoms with Crippen molar-refractivity contribution < 1.29 is 21.6 Å². The molecule has 1 rings (SSSR count). The molecule has 0 spiro atoms. The monoisotopic (exact) mass is 419 g/mol. The lowest BCUT2D eigenvalue weighted by molar-refractivity contribution is 0.309. The number of halogens is 2. The first kappa shape index (κ1) is 18.7. The molecule has 0 saturated heterocycles. The average Bonchev–Trinajstić information content (AvgIpc) is 2.34. The Hall–Kier alpha value is -0.350. The minimum atomic E-state index is -4.01. The second-order valence-corrected chi connectivity index (χ2v) is 9.52. The van der Waals surface area contributed by atoms with E-state index < -0.39 is 19.9 Å². The Morgan fingerprint density at radius 2 is 1.90 bits per heavy atom. The number of sulfone groups is 1. The summed E-state index contributed by atoms with van der Waals surface area (Å²) in [5.74, 6) is -0.0622. The van der Waals surface area contributed by atoms with Crippen molar-refractivity contribution in [1.29, 1.82) is 0 Å². The molecule has 0 aliphatic carbocycles. The lowest BCUT2D eigenvalue weighted by Crippen LogP contribution is -2.16. The highest BCUT2D eigenvalue weighted by molar-refractivity contribution is 9.10. The van der Waals surface area contributed by atoms with Crippen LogP contribution in [0.15, 0.2) is 21.5 Å². The van der Waals surface area contributed by atoms with Gasteiger partial charge in [0.1, 0.15) is 14.7 Å². The Morgan fingerprint density at radius 1 is 1.29 bits per heavy atom. The Morgan fingerprint density at radius 3 is 2.43 bits per heavy atom. The predicted octanol–water partition coefficient (Wildman–Crippen LogP) is 1.95. The maximum atomic E-state index is 11.5. The van der Waals surface area contributed by atoms with E-state index in [2.05, 4.69) is 15.9 Å². The molecule has 0 bridgehead atoms. The number of rotatable bonds is 7. The molecule has 0 unspecified atom stereocenters. The van der Waals surface area contributed by atoms with Crippen LogP contribution >= 0.6 is 27.5 Å². The molecule has 0 atom stereocenters. The molecular formula is C11H15BrClNO5S2. The third-order valence-electron chi connectivity index (χ3n) is 2.57. The molecule has 0 fully saturated rings. The maximum Gasteiger partial charge on any atom is 0.241 e. The molecule has 120 valence electrons.